The van der Waals surface area contributed by atoms with E-state index in [1.807, 2.05) is 6.07 Å². The standard InChI is InChI=1S/C13H18ClN3O2/c14-11-7-10(13(15)16-19)1-2-12(11)17-5-3-9(8-18)4-6-17/h1-2,7,9,18-19H,3-6,8H2,(H2,15,16). The molecule has 1 aromatic rings. The highest BCUT2D eigenvalue weighted by Gasteiger charge is 2.20. The van der Waals surface area contributed by atoms with Gasteiger partial charge < -0.3 is 20.9 Å². The van der Waals surface area contributed by atoms with Crippen LogP contribution in [-0.2, 0) is 0 Å². The first kappa shape index (κ1) is 14.0. The molecule has 1 saturated heterocycles. The van der Waals surface area contributed by atoms with Crippen LogP contribution in [0.3, 0.4) is 0 Å². The quantitative estimate of drug-likeness (QED) is 0.341. The van der Waals surface area contributed by atoms with Crippen molar-refractivity contribution < 1.29 is 10.3 Å². The Kier molecular flexibility index (Phi) is 4.50. The first-order valence-electron chi connectivity index (χ1n) is 6.29. The number of rotatable bonds is 3. The first-order valence-corrected chi connectivity index (χ1v) is 6.66. The average Bonchev–Trinajstić information content (AvgIpc) is 2.46. The Balaban J connectivity index is 2.14. The molecule has 0 atom stereocenters. The molecule has 0 aromatic heterocycles. The Bertz CT molecular complexity index is 471. The zero-order valence-electron chi connectivity index (χ0n) is 10.6. The maximum absolute atomic E-state index is 9.13. The lowest BCUT2D eigenvalue weighted by molar-refractivity contribution is 0.203. The Morgan fingerprint density at radius 2 is 2.11 bits per heavy atom. The Morgan fingerprint density at radius 1 is 1.42 bits per heavy atom. The molecule has 0 spiro atoms. The molecular weight excluding hydrogens is 266 g/mol. The Morgan fingerprint density at radius 3 is 2.63 bits per heavy atom. The molecule has 19 heavy (non-hydrogen) atoms. The summed E-state index contributed by atoms with van der Waals surface area (Å²) in [6.45, 7) is 2.02. The van der Waals surface area contributed by atoms with E-state index in [9.17, 15) is 0 Å². The van der Waals surface area contributed by atoms with Gasteiger partial charge >= 0.3 is 0 Å². The van der Waals surface area contributed by atoms with Gasteiger partial charge in [-0.25, -0.2) is 0 Å². The third-order valence-electron chi connectivity index (χ3n) is 3.56. The Labute approximate surface area is 117 Å². The minimum Gasteiger partial charge on any atom is -0.409 e. The normalized spacial score (nSPS) is 17.8. The summed E-state index contributed by atoms with van der Waals surface area (Å²) in [6, 6.07) is 5.37. The van der Waals surface area contributed by atoms with E-state index in [2.05, 4.69) is 10.1 Å². The lowest BCUT2D eigenvalue weighted by Gasteiger charge is -2.33. The van der Waals surface area contributed by atoms with E-state index in [4.69, 9.17) is 27.6 Å². The molecule has 2 rings (SSSR count). The van der Waals surface area contributed by atoms with Gasteiger partial charge in [0, 0.05) is 25.3 Å². The van der Waals surface area contributed by atoms with Crippen LogP contribution >= 0.6 is 11.6 Å². The molecule has 1 aromatic carbocycles. The van der Waals surface area contributed by atoms with Gasteiger partial charge in [0.2, 0.25) is 0 Å². The summed E-state index contributed by atoms with van der Waals surface area (Å²) in [6.07, 6.45) is 1.93. The van der Waals surface area contributed by atoms with Crippen LogP contribution in [-0.4, -0.2) is 35.8 Å². The number of amidine groups is 1. The lowest BCUT2D eigenvalue weighted by Crippen LogP contribution is -2.34. The molecule has 0 bridgehead atoms. The maximum Gasteiger partial charge on any atom is 0.170 e. The number of piperidine rings is 1. The van der Waals surface area contributed by atoms with Crippen molar-refractivity contribution in [2.45, 2.75) is 12.8 Å². The third kappa shape index (κ3) is 3.11. The number of benzene rings is 1. The van der Waals surface area contributed by atoms with Crippen molar-refractivity contribution in [2.24, 2.45) is 16.8 Å². The van der Waals surface area contributed by atoms with Gasteiger partial charge in [-0.15, -0.1) is 0 Å². The van der Waals surface area contributed by atoms with Crippen LogP contribution in [0.4, 0.5) is 5.69 Å². The molecule has 1 heterocycles. The van der Waals surface area contributed by atoms with Crippen LogP contribution < -0.4 is 10.6 Å². The van der Waals surface area contributed by atoms with E-state index in [-0.39, 0.29) is 12.4 Å². The SMILES string of the molecule is NC(=NO)c1ccc(N2CCC(CO)CC2)c(Cl)c1. The number of aliphatic hydroxyl groups excluding tert-OH is 1. The van der Waals surface area contributed by atoms with Crippen LogP contribution in [0, 0.1) is 5.92 Å². The number of halogens is 1. The zero-order chi connectivity index (χ0) is 13.8. The lowest BCUT2D eigenvalue weighted by atomic mass is 9.97. The third-order valence-corrected chi connectivity index (χ3v) is 3.87. The molecule has 5 nitrogen and oxygen atoms in total. The van der Waals surface area contributed by atoms with Crippen molar-refractivity contribution in [1.82, 2.24) is 0 Å². The van der Waals surface area contributed by atoms with Crippen LogP contribution in [0.15, 0.2) is 23.4 Å². The van der Waals surface area contributed by atoms with E-state index in [0.29, 0.717) is 16.5 Å². The fraction of sp³-hybridized carbons (Fsp3) is 0.462. The second kappa shape index (κ2) is 6.12. The van der Waals surface area contributed by atoms with Crippen molar-refractivity contribution in [3.8, 4) is 0 Å². The molecule has 0 aliphatic carbocycles. The van der Waals surface area contributed by atoms with Gasteiger partial charge in [-0.1, -0.05) is 16.8 Å². The van der Waals surface area contributed by atoms with Gasteiger partial charge in [0.15, 0.2) is 5.84 Å². The molecule has 6 heteroatoms. The van der Waals surface area contributed by atoms with E-state index in [1.54, 1.807) is 12.1 Å². The highest BCUT2D eigenvalue weighted by molar-refractivity contribution is 6.33. The van der Waals surface area contributed by atoms with Crippen molar-refractivity contribution in [1.29, 1.82) is 0 Å². The topological polar surface area (TPSA) is 82.1 Å². The molecule has 1 aliphatic rings. The monoisotopic (exact) mass is 283 g/mol. The fourth-order valence-electron chi connectivity index (χ4n) is 2.34. The molecule has 104 valence electrons. The summed E-state index contributed by atoms with van der Waals surface area (Å²) in [5.41, 5.74) is 7.08. The van der Waals surface area contributed by atoms with E-state index < -0.39 is 0 Å². The van der Waals surface area contributed by atoms with Gasteiger partial charge in [-0.05, 0) is 37.0 Å². The summed E-state index contributed by atoms with van der Waals surface area (Å²) in [5, 5.41) is 21.3. The summed E-state index contributed by atoms with van der Waals surface area (Å²) in [7, 11) is 0. The molecular formula is C13H18ClN3O2. The van der Waals surface area contributed by atoms with E-state index >= 15 is 0 Å². The predicted molar refractivity (Wildman–Crippen MR) is 76.0 cm³/mol. The summed E-state index contributed by atoms with van der Waals surface area (Å²) >= 11 is 6.25. The van der Waals surface area contributed by atoms with Crippen LogP contribution in [0.1, 0.15) is 18.4 Å². The smallest absolute Gasteiger partial charge is 0.170 e. The molecule has 0 unspecified atom stereocenters. The predicted octanol–water partition coefficient (Wildman–Crippen LogP) is 1.64. The summed E-state index contributed by atoms with van der Waals surface area (Å²) in [5.74, 6) is 0.443. The van der Waals surface area contributed by atoms with Crippen LogP contribution in [0.2, 0.25) is 5.02 Å². The summed E-state index contributed by atoms with van der Waals surface area (Å²) in [4.78, 5) is 2.20. The van der Waals surface area contributed by atoms with Gasteiger partial charge in [0.05, 0.1) is 10.7 Å². The number of aliphatic hydroxyl groups is 1. The highest BCUT2D eigenvalue weighted by atomic mass is 35.5. The van der Waals surface area contributed by atoms with Crippen molar-refractivity contribution in [3.05, 3.63) is 28.8 Å². The van der Waals surface area contributed by atoms with Crippen molar-refractivity contribution in [3.63, 3.8) is 0 Å². The number of hydrogen-bond donors (Lipinski definition) is 3. The molecule has 0 amide bonds. The Hall–Kier alpha value is -1.46. The second-order valence-corrected chi connectivity index (χ2v) is 5.17. The molecule has 1 aliphatic heterocycles. The molecule has 0 radical (unpaired) electrons. The van der Waals surface area contributed by atoms with Gasteiger partial charge in [0.1, 0.15) is 0 Å². The van der Waals surface area contributed by atoms with Crippen LogP contribution in [0.5, 0.6) is 0 Å². The number of anilines is 1. The second-order valence-electron chi connectivity index (χ2n) is 4.76. The molecule has 0 saturated carbocycles. The minimum atomic E-state index is 0.0486. The number of nitrogens with zero attached hydrogens (tertiary/aromatic N) is 2. The van der Waals surface area contributed by atoms with E-state index in [1.165, 1.54) is 0 Å². The molecule has 1 fully saturated rings. The summed E-state index contributed by atoms with van der Waals surface area (Å²) < 4.78 is 0. The van der Waals surface area contributed by atoms with E-state index in [0.717, 1.165) is 31.6 Å². The minimum absolute atomic E-state index is 0.0486. The number of nitrogens with two attached hydrogens (primary N) is 1. The van der Waals surface area contributed by atoms with Crippen molar-refractivity contribution in [2.75, 3.05) is 24.6 Å². The number of oxime groups is 1. The maximum atomic E-state index is 9.13. The number of hydrogen-bond acceptors (Lipinski definition) is 4. The van der Waals surface area contributed by atoms with Gasteiger partial charge in [0.25, 0.3) is 0 Å². The average molecular weight is 284 g/mol. The largest absolute Gasteiger partial charge is 0.409 e. The first-order chi connectivity index (χ1) is 9.15. The molecule has 4 N–H and O–H groups in total. The fourth-order valence-corrected chi connectivity index (χ4v) is 2.64. The van der Waals surface area contributed by atoms with Gasteiger partial charge in [-0.2, -0.15) is 0 Å². The van der Waals surface area contributed by atoms with Gasteiger partial charge in [-0.3, -0.25) is 0 Å². The van der Waals surface area contributed by atoms with Crippen molar-refractivity contribution >= 4 is 23.1 Å². The van der Waals surface area contributed by atoms with Crippen LogP contribution in [0.25, 0.3) is 0 Å². The zero-order valence-corrected chi connectivity index (χ0v) is 11.3. The highest BCUT2D eigenvalue weighted by Crippen LogP contribution is 2.30.